The van der Waals surface area contributed by atoms with Crippen molar-refractivity contribution in [2.45, 2.75) is 39.3 Å². The summed E-state index contributed by atoms with van der Waals surface area (Å²) >= 11 is 0. The van der Waals surface area contributed by atoms with E-state index in [-0.39, 0.29) is 6.04 Å². The van der Waals surface area contributed by atoms with Crippen LogP contribution < -0.4 is 24.8 Å². The van der Waals surface area contributed by atoms with Crippen LogP contribution in [0.25, 0.3) is 0 Å². The van der Waals surface area contributed by atoms with Crippen LogP contribution in [-0.2, 0) is 15.1 Å². The maximum absolute atomic E-state index is 13.1. The van der Waals surface area contributed by atoms with Crippen LogP contribution in [0.4, 0.5) is 4.79 Å². The van der Waals surface area contributed by atoms with Crippen molar-refractivity contribution < 1.29 is 28.6 Å². The Morgan fingerprint density at radius 1 is 1.06 bits per heavy atom. The van der Waals surface area contributed by atoms with E-state index in [0.29, 0.717) is 36.0 Å². The third-order valence-electron chi connectivity index (χ3n) is 5.69. The fraction of sp³-hybridized carbons (Fsp3) is 0.400. The molecule has 3 rings (SSSR count). The summed E-state index contributed by atoms with van der Waals surface area (Å²) in [6, 6.07) is 11.3. The Labute approximate surface area is 199 Å². The Morgan fingerprint density at radius 2 is 1.71 bits per heavy atom. The summed E-state index contributed by atoms with van der Waals surface area (Å²) in [6.45, 7) is 7.79. The molecule has 2 aromatic rings. The summed E-state index contributed by atoms with van der Waals surface area (Å²) in [5.41, 5.74) is 0.137. The number of hydrogen-bond acceptors (Lipinski definition) is 6. The topological polar surface area (TPSA) is 106 Å². The Hall–Kier alpha value is -3.75. The number of nitrogens with one attached hydrogen (secondary N) is 2. The van der Waals surface area contributed by atoms with E-state index in [1.807, 2.05) is 32.9 Å². The van der Waals surface area contributed by atoms with Crippen molar-refractivity contribution in [2.75, 3.05) is 26.9 Å². The van der Waals surface area contributed by atoms with Crippen molar-refractivity contribution in [2.24, 2.45) is 0 Å². The second-order valence-corrected chi connectivity index (χ2v) is 8.04. The Bertz CT molecular complexity index is 1060. The maximum Gasteiger partial charge on any atom is 0.325 e. The summed E-state index contributed by atoms with van der Waals surface area (Å²) < 4.78 is 16.4. The molecule has 2 atom stereocenters. The van der Waals surface area contributed by atoms with Gasteiger partial charge in [0.25, 0.3) is 5.91 Å². The van der Waals surface area contributed by atoms with E-state index in [9.17, 15) is 14.4 Å². The second-order valence-electron chi connectivity index (χ2n) is 8.04. The van der Waals surface area contributed by atoms with Gasteiger partial charge in [0.2, 0.25) is 5.91 Å². The number of amides is 4. The van der Waals surface area contributed by atoms with E-state index in [4.69, 9.17) is 14.2 Å². The highest BCUT2D eigenvalue weighted by atomic mass is 16.5. The van der Waals surface area contributed by atoms with Gasteiger partial charge >= 0.3 is 6.03 Å². The first-order valence-electron chi connectivity index (χ1n) is 11.2. The highest BCUT2D eigenvalue weighted by Gasteiger charge is 2.49. The summed E-state index contributed by atoms with van der Waals surface area (Å²) in [5, 5.41) is 5.54. The first kappa shape index (κ1) is 24.9. The van der Waals surface area contributed by atoms with E-state index in [1.54, 1.807) is 44.4 Å². The van der Waals surface area contributed by atoms with Gasteiger partial charge < -0.3 is 24.8 Å². The number of benzene rings is 2. The average molecular weight is 470 g/mol. The Morgan fingerprint density at radius 3 is 2.32 bits per heavy atom. The van der Waals surface area contributed by atoms with Crippen LogP contribution in [-0.4, -0.2) is 49.6 Å². The SMILES string of the molecule is CCOc1ccc([C@@H](C)NC(=O)CN2C(=O)N[C@@](C)(c3ccc(OC)cc3)C2=O)cc1OCC. The minimum atomic E-state index is -1.27. The zero-order valence-corrected chi connectivity index (χ0v) is 20.1. The number of hydrogen-bond donors (Lipinski definition) is 2. The van der Waals surface area contributed by atoms with Gasteiger partial charge in [-0.2, -0.15) is 0 Å². The summed E-state index contributed by atoms with van der Waals surface area (Å²) in [7, 11) is 1.55. The number of rotatable bonds is 10. The molecule has 0 saturated carbocycles. The zero-order chi connectivity index (χ0) is 24.9. The molecule has 1 aliphatic heterocycles. The second kappa shape index (κ2) is 10.5. The molecule has 1 saturated heterocycles. The van der Waals surface area contributed by atoms with Crippen LogP contribution in [0.1, 0.15) is 44.9 Å². The lowest BCUT2D eigenvalue weighted by molar-refractivity contribution is -0.135. The van der Waals surface area contributed by atoms with Crippen molar-refractivity contribution >= 4 is 17.8 Å². The maximum atomic E-state index is 13.1. The third kappa shape index (κ3) is 5.08. The molecule has 0 unspecified atom stereocenters. The van der Waals surface area contributed by atoms with Gasteiger partial charge in [-0.15, -0.1) is 0 Å². The quantitative estimate of drug-likeness (QED) is 0.518. The van der Waals surface area contributed by atoms with Gasteiger partial charge in [0.05, 0.1) is 26.4 Å². The summed E-state index contributed by atoms with van der Waals surface area (Å²) in [5.74, 6) is 0.902. The van der Waals surface area contributed by atoms with Crippen LogP contribution in [0, 0.1) is 0 Å². The summed E-state index contributed by atoms with van der Waals surface area (Å²) in [4.78, 5) is 39.3. The molecule has 1 fully saturated rings. The van der Waals surface area contributed by atoms with Crippen LogP contribution in [0.15, 0.2) is 42.5 Å². The molecular weight excluding hydrogens is 438 g/mol. The van der Waals surface area contributed by atoms with Crippen molar-refractivity contribution in [1.29, 1.82) is 0 Å². The van der Waals surface area contributed by atoms with Gasteiger partial charge in [-0.25, -0.2) is 4.79 Å². The molecule has 182 valence electrons. The van der Waals surface area contributed by atoms with Crippen molar-refractivity contribution in [3.8, 4) is 17.2 Å². The van der Waals surface area contributed by atoms with Crippen LogP contribution in [0.2, 0.25) is 0 Å². The lowest BCUT2D eigenvalue weighted by Crippen LogP contribution is -2.43. The molecular formula is C25H31N3O6. The molecule has 0 spiro atoms. The molecule has 2 aromatic carbocycles. The number of carbonyl (C=O) groups is 3. The number of imide groups is 1. The largest absolute Gasteiger partial charge is 0.497 e. The first-order chi connectivity index (χ1) is 16.2. The molecule has 2 N–H and O–H groups in total. The van der Waals surface area contributed by atoms with Crippen molar-refractivity contribution in [3.05, 3.63) is 53.6 Å². The zero-order valence-electron chi connectivity index (χ0n) is 20.1. The van der Waals surface area contributed by atoms with Crippen molar-refractivity contribution in [3.63, 3.8) is 0 Å². The third-order valence-corrected chi connectivity index (χ3v) is 5.69. The molecule has 0 aromatic heterocycles. The lowest BCUT2D eigenvalue weighted by Gasteiger charge is -2.23. The number of nitrogens with zero attached hydrogens (tertiary/aromatic N) is 1. The fourth-order valence-electron chi connectivity index (χ4n) is 3.81. The van der Waals surface area contributed by atoms with Crippen LogP contribution >= 0.6 is 0 Å². The molecule has 34 heavy (non-hydrogen) atoms. The molecule has 4 amide bonds. The van der Waals surface area contributed by atoms with Gasteiger partial charge in [-0.1, -0.05) is 18.2 Å². The average Bonchev–Trinajstić information content (AvgIpc) is 3.04. The normalized spacial score (nSPS) is 18.3. The minimum Gasteiger partial charge on any atom is -0.497 e. The van der Waals surface area contributed by atoms with Crippen LogP contribution in [0.5, 0.6) is 17.2 Å². The van der Waals surface area contributed by atoms with E-state index in [1.165, 1.54) is 0 Å². The van der Waals surface area contributed by atoms with E-state index >= 15 is 0 Å². The number of methoxy groups -OCH3 is 1. The predicted octanol–water partition coefficient (Wildman–Crippen LogP) is 3.14. The highest BCUT2D eigenvalue weighted by Crippen LogP contribution is 2.32. The molecule has 0 bridgehead atoms. The number of ether oxygens (including phenoxy) is 3. The molecule has 1 heterocycles. The van der Waals surface area contributed by atoms with E-state index in [0.717, 1.165) is 10.5 Å². The van der Waals surface area contributed by atoms with Gasteiger partial charge in [-0.3, -0.25) is 14.5 Å². The summed E-state index contributed by atoms with van der Waals surface area (Å²) in [6.07, 6.45) is 0. The van der Waals surface area contributed by atoms with Gasteiger partial charge in [0, 0.05) is 0 Å². The lowest BCUT2D eigenvalue weighted by atomic mass is 9.92. The standard InChI is InChI=1S/C25H31N3O6/c1-6-33-20-13-8-17(14-21(20)34-7-2)16(3)26-22(29)15-28-23(30)25(4,27-24(28)31)18-9-11-19(32-5)12-10-18/h8-14,16H,6-7,15H2,1-5H3,(H,26,29)(H,27,31)/t16-,25+/m1/s1. The van der Waals surface area contributed by atoms with E-state index < -0.39 is 29.9 Å². The molecule has 9 heteroatoms. The van der Waals surface area contributed by atoms with Gasteiger partial charge in [0.15, 0.2) is 11.5 Å². The van der Waals surface area contributed by atoms with Crippen LogP contribution in [0.3, 0.4) is 0 Å². The molecule has 9 nitrogen and oxygen atoms in total. The first-order valence-corrected chi connectivity index (χ1v) is 11.2. The van der Waals surface area contributed by atoms with Crippen molar-refractivity contribution in [1.82, 2.24) is 15.5 Å². The predicted molar refractivity (Wildman–Crippen MR) is 126 cm³/mol. The Kier molecular flexibility index (Phi) is 7.65. The molecule has 1 aliphatic rings. The van der Waals surface area contributed by atoms with Gasteiger partial charge in [0.1, 0.15) is 17.8 Å². The number of urea groups is 1. The Balaban J connectivity index is 1.69. The monoisotopic (exact) mass is 469 g/mol. The fourth-order valence-corrected chi connectivity index (χ4v) is 3.81. The van der Waals surface area contributed by atoms with E-state index in [2.05, 4.69) is 10.6 Å². The molecule has 0 aliphatic carbocycles. The number of carbonyl (C=O) groups excluding carboxylic acids is 3. The molecule has 0 radical (unpaired) electrons. The highest BCUT2D eigenvalue weighted by molar-refractivity contribution is 6.09. The minimum absolute atomic E-state index is 0.379. The van der Waals surface area contributed by atoms with Gasteiger partial charge in [-0.05, 0) is 63.1 Å². The smallest absolute Gasteiger partial charge is 0.325 e.